The van der Waals surface area contributed by atoms with Crippen molar-refractivity contribution in [1.29, 1.82) is 0 Å². The standard InChI is InChI=1S/C9H12N2O2S/c1-5(12)10-9-11-7-3-2-6(13)4-8(7)14-9/h6,13H,2-4H2,1H3,(H,10,11,12). The maximum Gasteiger partial charge on any atom is 0.223 e. The minimum Gasteiger partial charge on any atom is -0.393 e. The minimum atomic E-state index is -0.242. The predicted octanol–water partition coefficient (Wildman–Crippen LogP) is 0.951. The van der Waals surface area contributed by atoms with Crippen LogP contribution in [0.25, 0.3) is 0 Å². The molecule has 1 aromatic heterocycles. The number of aliphatic hydroxyl groups excluding tert-OH is 1. The molecule has 0 saturated heterocycles. The van der Waals surface area contributed by atoms with Gasteiger partial charge in [0, 0.05) is 18.2 Å². The SMILES string of the molecule is CC(=O)Nc1nc2c(s1)CC(O)CC2. The average Bonchev–Trinajstić information content (AvgIpc) is 2.44. The van der Waals surface area contributed by atoms with Gasteiger partial charge in [-0.25, -0.2) is 4.98 Å². The Morgan fingerprint density at radius 2 is 2.50 bits per heavy atom. The number of aliphatic hydroxyl groups is 1. The molecule has 5 heteroatoms. The van der Waals surface area contributed by atoms with Gasteiger partial charge in [0.05, 0.1) is 11.8 Å². The van der Waals surface area contributed by atoms with E-state index in [0.29, 0.717) is 11.6 Å². The van der Waals surface area contributed by atoms with Crippen molar-refractivity contribution in [2.45, 2.75) is 32.3 Å². The Morgan fingerprint density at radius 3 is 3.21 bits per heavy atom. The van der Waals surface area contributed by atoms with Crippen LogP contribution in [0.2, 0.25) is 0 Å². The number of fused-ring (bicyclic) bond motifs is 1. The third kappa shape index (κ3) is 1.93. The molecule has 1 aliphatic carbocycles. The zero-order chi connectivity index (χ0) is 10.1. The summed E-state index contributed by atoms with van der Waals surface area (Å²) in [5.41, 5.74) is 1.03. The van der Waals surface area contributed by atoms with Crippen molar-refractivity contribution in [2.75, 3.05) is 5.32 Å². The molecule has 76 valence electrons. The molecular formula is C9H12N2O2S. The number of nitrogens with one attached hydrogen (secondary N) is 1. The first-order chi connectivity index (χ1) is 6.65. The quantitative estimate of drug-likeness (QED) is 0.728. The molecule has 14 heavy (non-hydrogen) atoms. The molecule has 1 heterocycles. The molecule has 2 N–H and O–H groups in total. The third-order valence-corrected chi connectivity index (χ3v) is 3.23. The highest BCUT2D eigenvalue weighted by molar-refractivity contribution is 7.15. The number of hydrogen-bond acceptors (Lipinski definition) is 4. The Hall–Kier alpha value is -0.940. The van der Waals surface area contributed by atoms with Gasteiger partial charge >= 0.3 is 0 Å². The number of hydrogen-bond donors (Lipinski definition) is 2. The summed E-state index contributed by atoms with van der Waals surface area (Å²) in [7, 11) is 0. The van der Waals surface area contributed by atoms with E-state index in [-0.39, 0.29) is 12.0 Å². The van der Waals surface area contributed by atoms with Gasteiger partial charge < -0.3 is 10.4 Å². The second-order valence-corrected chi connectivity index (χ2v) is 4.55. The van der Waals surface area contributed by atoms with Crippen LogP contribution in [0.1, 0.15) is 23.9 Å². The summed E-state index contributed by atoms with van der Waals surface area (Å²) in [5, 5.41) is 12.8. The molecule has 0 aliphatic heterocycles. The second-order valence-electron chi connectivity index (χ2n) is 3.47. The van der Waals surface area contributed by atoms with Crippen LogP contribution in [-0.4, -0.2) is 22.1 Å². The molecule has 1 unspecified atom stereocenters. The van der Waals surface area contributed by atoms with Gasteiger partial charge in [-0.05, 0) is 12.8 Å². The van der Waals surface area contributed by atoms with Crippen LogP contribution >= 0.6 is 11.3 Å². The highest BCUT2D eigenvalue weighted by Crippen LogP contribution is 2.29. The van der Waals surface area contributed by atoms with Gasteiger partial charge in [-0.2, -0.15) is 0 Å². The van der Waals surface area contributed by atoms with Crippen molar-refractivity contribution in [2.24, 2.45) is 0 Å². The predicted molar refractivity (Wildman–Crippen MR) is 54.4 cm³/mol. The lowest BCUT2D eigenvalue weighted by Gasteiger charge is -2.14. The summed E-state index contributed by atoms with van der Waals surface area (Å²) in [5.74, 6) is -0.100. The maximum atomic E-state index is 10.8. The fourth-order valence-corrected chi connectivity index (χ4v) is 2.69. The van der Waals surface area contributed by atoms with Crippen molar-refractivity contribution in [1.82, 2.24) is 4.98 Å². The molecule has 2 rings (SSSR count). The van der Waals surface area contributed by atoms with Crippen LogP contribution in [0, 0.1) is 0 Å². The fourth-order valence-electron chi connectivity index (χ4n) is 1.56. The van der Waals surface area contributed by atoms with Gasteiger partial charge in [-0.3, -0.25) is 4.79 Å². The van der Waals surface area contributed by atoms with E-state index in [2.05, 4.69) is 10.3 Å². The van der Waals surface area contributed by atoms with Crippen molar-refractivity contribution in [3.8, 4) is 0 Å². The van der Waals surface area contributed by atoms with E-state index in [1.165, 1.54) is 18.3 Å². The van der Waals surface area contributed by atoms with Gasteiger partial charge in [0.1, 0.15) is 0 Å². The third-order valence-electron chi connectivity index (χ3n) is 2.20. The van der Waals surface area contributed by atoms with Crippen LogP contribution < -0.4 is 5.32 Å². The number of rotatable bonds is 1. The Labute approximate surface area is 86.0 Å². The van der Waals surface area contributed by atoms with Crippen molar-refractivity contribution in [3.63, 3.8) is 0 Å². The van der Waals surface area contributed by atoms with Crippen LogP contribution in [0.5, 0.6) is 0 Å². The number of aromatic nitrogens is 1. The minimum absolute atomic E-state index is 0.100. The Balaban J connectivity index is 2.19. The number of aryl methyl sites for hydroxylation is 1. The Morgan fingerprint density at radius 1 is 1.71 bits per heavy atom. The molecule has 0 bridgehead atoms. The molecule has 0 saturated carbocycles. The number of thiazole rings is 1. The molecule has 1 aromatic rings. The molecule has 0 aromatic carbocycles. The van der Waals surface area contributed by atoms with Crippen molar-refractivity contribution >= 4 is 22.4 Å². The molecule has 0 radical (unpaired) electrons. The highest BCUT2D eigenvalue weighted by Gasteiger charge is 2.20. The zero-order valence-corrected chi connectivity index (χ0v) is 8.73. The summed E-state index contributed by atoms with van der Waals surface area (Å²) in [4.78, 5) is 16.2. The van der Waals surface area contributed by atoms with E-state index in [0.717, 1.165) is 23.4 Å². The average molecular weight is 212 g/mol. The summed E-state index contributed by atoms with van der Waals surface area (Å²) in [6, 6.07) is 0. The zero-order valence-electron chi connectivity index (χ0n) is 7.91. The van der Waals surface area contributed by atoms with Gasteiger partial charge in [-0.1, -0.05) is 0 Å². The van der Waals surface area contributed by atoms with Crippen LogP contribution in [0.3, 0.4) is 0 Å². The normalized spacial score (nSPS) is 20.3. The van der Waals surface area contributed by atoms with Crippen LogP contribution in [0.4, 0.5) is 5.13 Å². The first-order valence-corrected chi connectivity index (χ1v) is 5.41. The van der Waals surface area contributed by atoms with E-state index in [1.807, 2.05) is 0 Å². The first-order valence-electron chi connectivity index (χ1n) is 4.59. The van der Waals surface area contributed by atoms with Crippen molar-refractivity contribution in [3.05, 3.63) is 10.6 Å². The van der Waals surface area contributed by atoms with Crippen LogP contribution in [0.15, 0.2) is 0 Å². The van der Waals surface area contributed by atoms with E-state index in [4.69, 9.17) is 0 Å². The highest BCUT2D eigenvalue weighted by atomic mass is 32.1. The van der Waals surface area contributed by atoms with Crippen LogP contribution in [-0.2, 0) is 17.6 Å². The second kappa shape index (κ2) is 3.67. The van der Waals surface area contributed by atoms with E-state index in [9.17, 15) is 9.90 Å². The van der Waals surface area contributed by atoms with Gasteiger partial charge in [0.25, 0.3) is 0 Å². The Bertz CT molecular complexity index is 362. The lowest BCUT2D eigenvalue weighted by atomic mass is 10.0. The van der Waals surface area contributed by atoms with Gasteiger partial charge in [0.15, 0.2) is 5.13 Å². The molecule has 1 atom stereocenters. The lowest BCUT2D eigenvalue weighted by molar-refractivity contribution is -0.114. The molecule has 4 nitrogen and oxygen atoms in total. The van der Waals surface area contributed by atoms with Gasteiger partial charge in [0.2, 0.25) is 5.91 Å². The molecule has 0 spiro atoms. The lowest BCUT2D eigenvalue weighted by Crippen LogP contribution is -2.17. The van der Waals surface area contributed by atoms with E-state index >= 15 is 0 Å². The Kier molecular flexibility index (Phi) is 2.52. The van der Waals surface area contributed by atoms with E-state index in [1.54, 1.807) is 0 Å². The number of anilines is 1. The number of carbonyl (C=O) groups excluding carboxylic acids is 1. The summed E-state index contributed by atoms with van der Waals surface area (Å²) < 4.78 is 0. The van der Waals surface area contributed by atoms with E-state index < -0.39 is 0 Å². The maximum absolute atomic E-state index is 10.8. The summed E-state index contributed by atoms with van der Waals surface area (Å²) >= 11 is 1.46. The number of carbonyl (C=O) groups is 1. The largest absolute Gasteiger partial charge is 0.393 e. The first kappa shape index (κ1) is 9.61. The number of nitrogens with zero attached hydrogens (tertiary/aromatic N) is 1. The monoisotopic (exact) mass is 212 g/mol. The fraction of sp³-hybridized carbons (Fsp3) is 0.556. The smallest absolute Gasteiger partial charge is 0.223 e. The van der Waals surface area contributed by atoms with Crippen molar-refractivity contribution < 1.29 is 9.90 Å². The topological polar surface area (TPSA) is 62.2 Å². The molecular weight excluding hydrogens is 200 g/mol. The summed E-state index contributed by atoms with van der Waals surface area (Å²) in [6.45, 7) is 1.47. The van der Waals surface area contributed by atoms with Gasteiger partial charge in [-0.15, -0.1) is 11.3 Å². The molecule has 1 aliphatic rings. The summed E-state index contributed by atoms with van der Waals surface area (Å²) in [6.07, 6.45) is 2.02. The number of amides is 1. The molecule has 1 amide bonds. The molecule has 0 fully saturated rings.